The van der Waals surface area contributed by atoms with Crippen molar-refractivity contribution in [2.45, 2.75) is 24.3 Å². The molecule has 4 nitrogen and oxygen atoms in total. The van der Waals surface area contributed by atoms with Gasteiger partial charge in [-0.1, -0.05) is 12.1 Å². The Morgan fingerprint density at radius 3 is 2.39 bits per heavy atom. The number of sulfone groups is 1. The monoisotopic (exact) mass is 264 g/mol. The van der Waals surface area contributed by atoms with E-state index in [1.165, 1.54) is 6.26 Å². The van der Waals surface area contributed by atoms with Gasteiger partial charge in [0.25, 0.3) is 0 Å². The fraction of sp³-hybridized carbons (Fsp3) is 0.462. The van der Waals surface area contributed by atoms with Crippen LogP contribution in [0.3, 0.4) is 0 Å². The third kappa shape index (κ3) is 3.09. The summed E-state index contributed by atoms with van der Waals surface area (Å²) in [6.45, 7) is 1.37. The minimum Gasteiger partial charge on any atom is -0.311 e. The van der Waals surface area contributed by atoms with Crippen LogP contribution in [0.25, 0.3) is 0 Å². The summed E-state index contributed by atoms with van der Waals surface area (Å²) in [4.78, 5) is 0.335. The maximum atomic E-state index is 11.3. The van der Waals surface area contributed by atoms with E-state index in [-0.39, 0.29) is 5.41 Å². The molecule has 1 aromatic carbocycles. The summed E-state index contributed by atoms with van der Waals surface area (Å²) in [5, 5.41) is 12.2. The molecule has 0 atom stereocenters. The number of nitrogens with zero attached hydrogens (tertiary/aromatic N) is 1. The highest BCUT2D eigenvalue weighted by atomic mass is 32.2. The molecule has 0 bridgehead atoms. The Balaban J connectivity index is 1.90. The maximum Gasteiger partial charge on any atom is 0.175 e. The Bertz CT molecular complexity index is 566. The van der Waals surface area contributed by atoms with E-state index in [0.717, 1.165) is 18.4 Å². The van der Waals surface area contributed by atoms with E-state index in [0.29, 0.717) is 18.0 Å². The Morgan fingerprint density at radius 1 is 1.33 bits per heavy atom. The van der Waals surface area contributed by atoms with E-state index in [1.54, 1.807) is 24.3 Å². The molecule has 2 rings (SSSR count). The van der Waals surface area contributed by atoms with Gasteiger partial charge in [-0.05, 0) is 30.5 Å². The van der Waals surface area contributed by atoms with Gasteiger partial charge in [-0.2, -0.15) is 5.26 Å². The number of nitriles is 1. The van der Waals surface area contributed by atoms with E-state index >= 15 is 0 Å². The van der Waals surface area contributed by atoms with Crippen LogP contribution in [0, 0.1) is 16.7 Å². The van der Waals surface area contributed by atoms with E-state index < -0.39 is 9.84 Å². The lowest BCUT2D eigenvalue weighted by Gasteiger charge is -2.08. The maximum absolute atomic E-state index is 11.3. The quantitative estimate of drug-likeness (QED) is 0.874. The molecule has 1 N–H and O–H groups in total. The second kappa shape index (κ2) is 4.71. The largest absolute Gasteiger partial charge is 0.311 e. The van der Waals surface area contributed by atoms with Gasteiger partial charge in [0.05, 0.1) is 16.4 Å². The second-order valence-electron chi connectivity index (χ2n) is 4.91. The van der Waals surface area contributed by atoms with Gasteiger partial charge in [-0.3, -0.25) is 0 Å². The molecular weight excluding hydrogens is 248 g/mol. The number of benzene rings is 1. The van der Waals surface area contributed by atoms with Crippen LogP contribution in [0.5, 0.6) is 0 Å². The smallest absolute Gasteiger partial charge is 0.175 e. The molecule has 0 spiro atoms. The molecule has 1 fully saturated rings. The number of hydrogen-bond acceptors (Lipinski definition) is 4. The average Bonchev–Trinajstić information content (AvgIpc) is 3.09. The first-order valence-corrected chi connectivity index (χ1v) is 7.75. The number of rotatable bonds is 5. The summed E-state index contributed by atoms with van der Waals surface area (Å²) < 4.78 is 22.6. The van der Waals surface area contributed by atoms with Crippen LogP contribution in [-0.4, -0.2) is 21.2 Å². The zero-order valence-electron chi connectivity index (χ0n) is 10.3. The van der Waals surface area contributed by atoms with Crippen LogP contribution in [0.1, 0.15) is 18.4 Å². The van der Waals surface area contributed by atoms with E-state index in [4.69, 9.17) is 5.26 Å². The lowest BCUT2D eigenvalue weighted by molar-refractivity contribution is 0.558. The minimum atomic E-state index is -3.12. The lowest BCUT2D eigenvalue weighted by Crippen LogP contribution is -2.22. The molecule has 5 heteroatoms. The van der Waals surface area contributed by atoms with Crippen molar-refractivity contribution in [3.63, 3.8) is 0 Å². The van der Waals surface area contributed by atoms with Crippen molar-refractivity contribution >= 4 is 9.84 Å². The normalized spacial score (nSPS) is 17.1. The summed E-state index contributed by atoms with van der Waals surface area (Å²) in [5.41, 5.74) is 0.878. The lowest BCUT2D eigenvalue weighted by atomic mass is 10.1. The molecular formula is C13H16N2O2S. The van der Waals surface area contributed by atoms with Crippen LogP contribution in [0.4, 0.5) is 0 Å². The Hall–Kier alpha value is -1.38. The van der Waals surface area contributed by atoms with E-state index in [2.05, 4.69) is 11.4 Å². The first-order chi connectivity index (χ1) is 8.45. The summed E-state index contributed by atoms with van der Waals surface area (Å²) in [7, 11) is -3.12. The van der Waals surface area contributed by atoms with Crippen molar-refractivity contribution in [1.82, 2.24) is 5.32 Å². The topological polar surface area (TPSA) is 70.0 Å². The first kappa shape index (κ1) is 13.1. The summed E-state index contributed by atoms with van der Waals surface area (Å²) in [5.74, 6) is 0. The van der Waals surface area contributed by atoms with Crippen LogP contribution >= 0.6 is 0 Å². The molecule has 0 saturated heterocycles. The van der Waals surface area contributed by atoms with Crippen molar-refractivity contribution in [1.29, 1.82) is 5.26 Å². The predicted octanol–water partition coefficient (Wildman–Crippen LogP) is 1.48. The third-order valence-electron chi connectivity index (χ3n) is 3.23. The highest BCUT2D eigenvalue weighted by Gasteiger charge is 2.42. The van der Waals surface area contributed by atoms with Crippen LogP contribution in [-0.2, 0) is 16.4 Å². The summed E-state index contributed by atoms with van der Waals surface area (Å²) in [6.07, 6.45) is 3.15. The van der Waals surface area contributed by atoms with E-state index in [1.807, 2.05) is 0 Å². The molecule has 18 heavy (non-hydrogen) atoms. The van der Waals surface area contributed by atoms with Gasteiger partial charge in [-0.15, -0.1) is 0 Å². The van der Waals surface area contributed by atoms with Gasteiger partial charge >= 0.3 is 0 Å². The average molecular weight is 264 g/mol. The van der Waals surface area contributed by atoms with Crippen molar-refractivity contribution in [2.75, 3.05) is 12.8 Å². The molecule has 0 aliphatic heterocycles. The van der Waals surface area contributed by atoms with Crippen LogP contribution < -0.4 is 5.32 Å². The summed E-state index contributed by atoms with van der Waals surface area (Å²) in [6, 6.07) is 9.16. The van der Waals surface area contributed by atoms with Gasteiger partial charge in [0.1, 0.15) is 0 Å². The molecule has 0 radical (unpaired) electrons. The second-order valence-corrected chi connectivity index (χ2v) is 6.93. The van der Waals surface area contributed by atoms with Crippen molar-refractivity contribution in [2.24, 2.45) is 5.41 Å². The van der Waals surface area contributed by atoms with Gasteiger partial charge in [0.15, 0.2) is 9.84 Å². The van der Waals surface area contributed by atoms with Gasteiger partial charge in [-0.25, -0.2) is 8.42 Å². The number of nitrogens with one attached hydrogen (secondary N) is 1. The Labute approximate surface area is 108 Å². The van der Waals surface area contributed by atoms with E-state index in [9.17, 15) is 8.42 Å². The molecule has 0 unspecified atom stereocenters. The van der Waals surface area contributed by atoms with Crippen LogP contribution in [0.15, 0.2) is 29.2 Å². The van der Waals surface area contributed by atoms with Gasteiger partial charge in [0.2, 0.25) is 0 Å². The third-order valence-corrected chi connectivity index (χ3v) is 4.36. The fourth-order valence-electron chi connectivity index (χ4n) is 1.78. The zero-order valence-corrected chi connectivity index (χ0v) is 11.1. The molecule has 1 aromatic rings. The Morgan fingerprint density at radius 2 is 1.94 bits per heavy atom. The zero-order chi connectivity index (χ0) is 13.2. The fourth-order valence-corrected chi connectivity index (χ4v) is 2.41. The number of hydrogen-bond donors (Lipinski definition) is 1. The molecule has 0 amide bonds. The van der Waals surface area contributed by atoms with Gasteiger partial charge < -0.3 is 5.32 Å². The Kier molecular flexibility index (Phi) is 3.42. The standard InChI is InChI=1S/C13H16N2O2S/c1-18(16,17)12-4-2-11(3-5-12)8-15-10-13(9-14)6-7-13/h2-5,15H,6-8,10H2,1H3. The molecule has 1 saturated carbocycles. The first-order valence-electron chi connectivity index (χ1n) is 5.86. The van der Waals surface area contributed by atoms with Crippen molar-refractivity contribution in [3.05, 3.63) is 29.8 Å². The molecule has 0 aromatic heterocycles. The van der Waals surface area contributed by atoms with Crippen molar-refractivity contribution < 1.29 is 8.42 Å². The molecule has 1 aliphatic rings. The molecule has 1 aliphatic carbocycles. The van der Waals surface area contributed by atoms with Crippen LogP contribution in [0.2, 0.25) is 0 Å². The molecule has 96 valence electrons. The highest BCUT2D eigenvalue weighted by Crippen LogP contribution is 2.44. The predicted molar refractivity (Wildman–Crippen MR) is 68.5 cm³/mol. The van der Waals surface area contributed by atoms with Gasteiger partial charge in [0, 0.05) is 19.3 Å². The minimum absolute atomic E-state index is 0.146. The SMILES string of the molecule is CS(=O)(=O)c1ccc(CNCC2(C#N)CC2)cc1. The highest BCUT2D eigenvalue weighted by molar-refractivity contribution is 7.90. The summed E-state index contributed by atoms with van der Waals surface area (Å²) >= 11 is 0. The van der Waals surface area contributed by atoms with Crippen molar-refractivity contribution in [3.8, 4) is 6.07 Å². The molecule has 0 heterocycles.